The van der Waals surface area contributed by atoms with Crippen molar-refractivity contribution in [2.75, 3.05) is 5.75 Å². The molecule has 3 rings (SSSR count). The highest BCUT2D eigenvalue weighted by Crippen LogP contribution is 2.38. The molecule has 1 fully saturated rings. The largest absolute Gasteiger partial charge is 0.420 e. The summed E-state index contributed by atoms with van der Waals surface area (Å²) in [4.78, 5) is 11.3. The Morgan fingerprint density at radius 3 is 2.17 bits per heavy atom. The number of rotatable bonds is 4. The summed E-state index contributed by atoms with van der Waals surface area (Å²) in [7, 11) is -3.66. The van der Waals surface area contributed by atoms with Gasteiger partial charge in [-0.2, -0.15) is 18.4 Å². The van der Waals surface area contributed by atoms with Gasteiger partial charge in [0.15, 0.2) is 9.84 Å². The van der Waals surface area contributed by atoms with Gasteiger partial charge in [-0.3, -0.25) is 4.79 Å². The van der Waals surface area contributed by atoms with E-state index in [4.69, 9.17) is 5.26 Å². The molecule has 158 valence electrons. The van der Waals surface area contributed by atoms with Crippen LogP contribution in [0.3, 0.4) is 0 Å². The number of halogens is 4. The summed E-state index contributed by atoms with van der Waals surface area (Å²) in [5.41, 5.74) is -2.79. The van der Waals surface area contributed by atoms with Crippen LogP contribution in [0.15, 0.2) is 41.3 Å². The smallest absolute Gasteiger partial charge is 0.300 e. The topological polar surface area (TPSA) is 75.0 Å². The van der Waals surface area contributed by atoms with Gasteiger partial charge >= 0.3 is 6.18 Å². The van der Waals surface area contributed by atoms with E-state index in [-0.39, 0.29) is 33.5 Å². The highest BCUT2D eigenvalue weighted by Gasteiger charge is 2.38. The number of ketones is 1. The Bertz CT molecular complexity index is 1110. The molecule has 1 aliphatic carbocycles. The van der Waals surface area contributed by atoms with Crippen LogP contribution in [0.5, 0.6) is 0 Å². The quantitative estimate of drug-likeness (QED) is 0.634. The Morgan fingerprint density at radius 1 is 1.03 bits per heavy atom. The first-order chi connectivity index (χ1) is 14.0. The van der Waals surface area contributed by atoms with Crippen LogP contribution >= 0.6 is 0 Å². The highest BCUT2D eigenvalue weighted by molar-refractivity contribution is 7.91. The number of nitrogens with zero attached hydrogens (tertiary/aromatic N) is 1. The van der Waals surface area contributed by atoms with Gasteiger partial charge in [-0.15, -0.1) is 0 Å². The molecular formula is C21H17F4NO3S. The molecule has 9 heteroatoms. The Labute approximate surface area is 171 Å². The first-order valence-electron chi connectivity index (χ1n) is 9.17. The average molecular weight is 439 g/mol. The maximum absolute atomic E-state index is 14.6. The van der Waals surface area contributed by atoms with Crippen molar-refractivity contribution >= 4 is 15.6 Å². The van der Waals surface area contributed by atoms with Crippen LogP contribution in [-0.4, -0.2) is 20.0 Å². The van der Waals surface area contributed by atoms with Crippen molar-refractivity contribution in [2.45, 2.75) is 36.8 Å². The normalized spacial score (nSPS) is 15.8. The second-order valence-electron chi connectivity index (χ2n) is 7.25. The number of nitriles is 1. The number of benzene rings is 2. The number of carbonyl (C=O) groups excluding carboxylic acids is 1. The van der Waals surface area contributed by atoms with Crippen LogP contribution in [0.4, 0.5) is 17.6 Å². The molecule has 0 bridgehead atoms. The third-order valence-corrected chi connectivity index (χ3v) is 7.09. The summed E-state index contributed by atoms with van der Waals surface area (Å²) >= 11 is 0. The Morgan fingerprint density at radius 2 is 1.63 bits per heavy atom. The molecule has 0 spiro atoms. The van der Waals surface area contributed by atoms with E-state index in [1.54, 1.807) is 0 Å². The van der Waals surface area contributed by atoms with Crippen molar-refractivity contribution in [3.05, 3.63) is 53.3 Å². The van der Waals surface area contributed by atoms with Gasteiger partial charge in [-0.05, 0) is 42.5 Å². The summed E-state index contributed by atoms with van der Waals surface area (Å²) in [5, 5.41) is 8.84. The molecular weight excluding hydrogens is 422 g/mol. The summed E-state index contributed by atoms with van der Waals surface area (Å²) in [6.07, 6.45) is -3.31. The van der Waals surface area contributed by atoms with E-state index in [2.05, 4.69) is 0 Å². The Hall–Kier alpha value is -2.73. The van der Waals surface area contributed by atoms with Crippen LogP contribution in [-0.2, 0) is 20.8 Å². The van der Waals surface area contributed by atoms with Crippen molar-refractivity contribution in [3.8, 4) is 17.2 Å². The highest BCUT2D eigenvalue weighted by atomic mass is 32.2. The molecule has 2 aromatic rings. The molecule has 30 heavy (non-hydrogen) atoms. The fraction of sp³-hybridized carbons (Fsp3) is 0.333. The summed E-state index contributed by atoms with van der Waals surface area (Å²) in [5.74, 6) is -1.71. The molecule has 0 aliphatic heterocycles. The van der Waals surface area contributed by atoms with Crippen molar-refractivity contribution < 1.29 is 30.8 Å². The van der Waals surface area contributed by atoms with E-state index < -0.39 is 33.0 Å². The summed E-state index contributed by atoms with van der Waals surface area (Å²) in [6, 6.07) is 8.21. The van der Waals surface area contributed by atoms with Crippen LogP contribution < -0.4 is 0 Å². The van der Waals surface area contributed by atoms with E-state index in [1.165, 1.54) is 30.3 Å². The first-order valence-corrected chi connectivity index (χ1v) is 10.8. The zero-order chi connectivity index (χ0) is 22.1. The lowest BCUT2D eigenvalue weighted by Gasteiger charge is -2.20. The summed E-state index contributed by atoms with van der Waals surface area (Å²) in [6.45, 7) is 0. The minimum Gasteiger partial charge on any atom is -0.300 e. The zero-order valence-electron chi connectivity index (χ0n) is 15.7. The SMILES string of the molecule is N#Cc1ccc(-c2ccc(S(=O)(=O)CC3CCC(=O)CC3)cc2)c(F)c1C(F)(F)F. The third-order valence-electron chi connectivity index (χ3n) is 5.19. The molecule has 1 aliphatic rings. The molecule has 0 unspecified atom stereocenters. The molecule has 2 aromatic carbocycles. The van der Waals surface area contributed by atoms with Crippen LogP contribution in [0, 0.1) is 23.1 Å². The number of hydrogen-bond acceptors (Lipinski definition) is 4. The molecule has 4 nitrogen and oxygen atoms in total. The van der Waals surface area contributed by atoms with E-state index >= 15 is 0 Å². The Balaban J connectivity index is 1.89. The maximum atomic E-state index is 14.6. The summed E-state index contributed by atoms with van der Waals surface area (Å²) < 4.78 is 79.3. The minimum atomic E-state index is -5.05. The van der Waals surface area contributed by atoms with Gasteiger partial charge in [0.2, 0.25) is 0 Å². The molecule has 0 saturated heterocycles. The van der Waals surface area contributed by atoms with Crippen molar-refractivity contribution in [2.24, 2.45) is 5.92 Å². The fourth-order valence-electron chi connectivity index (χ4n) is 3.58. The molecule has 0 atom stereocenters. The van der Waals surface area contributed by atoms with Gasteiger partial charge in [-0.1, -0.05) is 18.2 Å². The van der Waals surface area contributed by atoms with Gasteiger partial charge in [-0.25, -0.2) is 12.8 Å². The lowest BCUT2D eigenvalue weighted by molar-refractivity contribution is -0.140. The number of Topliss-reactive ketones (excluding diaryl/α,β-unsaturated/α-hetero) is 1. The predicted octanol–water partition coefficient (Wildman–Crippen LogP) is 4.92. The van der Waals surface area contributed by atoms with Crippen LogP contribution in [0.25, 0.3) is 11.1 Å². The standard InChI is InChI=1S/C21H17F4NO3S/c22-20-18(10-5-15(11-26)19(20)21(23,24)25)14-3-8-17(9-4-14)30(28,29)12-13-1-6-16(27)7-2-13/h3-5,8-10,13H,1-2,6-7,12H2. The van der Waals surface area contributed by atoms with E-state index in [0.29, 0.717) is 25.7 Å². The van der Waals surface area contributed by atoms with E-state index in [1.807, 2.05) is 0 Å². The predicted molar refractivity (Wildman–Crippen MR) is 101 cm³/mol. The molecule has 0 N–H and O–H groups in total. The molecule has 1 saturated carbocycles. The third kappa shape index (κ3) is 4.54. The van der Waals surface area contributed by atoms with Gasteiger partial charge in [0, 0.05) is 18.4 Å². The van der Waals surface area contributed by atoms with Gasteiger partial charge in [0.05, 0.1) is 22.3 Å². The van der Waals surface area contributed by atoms with Crippen LogP contribution in [0.2, 0.25) is 0 Å². The molecule has 0 heterocycles. The zero-order valence-corrected chi connectivity index (χ0v) is 16.5. The number of carbonyl (C=O) groups is 1. The number of sulfone groups is 1. The Kier molecular flexibility index (Phi) is 5.99. The maximum Gasteiger partial charge on any atom is 0.420 e. The lowest BCUT2D eigenvalue weighted by Crippen LogP contribution is -2.22. The fourth-order valence-corrected chi connectivity index (χ4v) is 5.28. The van der Waals surface area contributed by atoms with Gasteiger partial charge < -0.3 is 0 Å². The lowest BCUT2D eigenvalue weighted by atomic mass is 9.90. The van der Waals surface area contributed by atoms with Crippen molar-refractivity contribution in [3.63, 3.8) is 0 Å². The monoisotopic (exact) mass is 439 g/mol. The van der Waals surface area contributed by atoms with E-state index in [0.717, 1.165) is 12.1 Å². The second kappa shape index (κ2) is 8.19. The molecule has 0 amide bonds. The number of hydrogen-bond donors (Lipinski definition) is 0. The van der Waals surface area contributed by atoms with E-state index in [9.17, 15) is 30.8 Å². The van der Waals surface area contributed by atoms with Crippen molar-refractivity contribution in [1.82, 2.24) is 0 Å². The molecule has 0 aromatic heterocycles. The number of alkyl halides is 3. The average Bonchev–Trinajstić information content (AvgIpc) is 2.68. The first kappa shape index (κ1) is 22.0. The second-order valence-corrected chi connectivity index (χ2v) is 9.28. The van der Waals surface area contributed by atoms with Crippen LogP contribution in [0.1, 0.15) is 36.8 Å². The van der Waals surface area contributed by atoms with Gasteiger partial charge in [0.25, 0.3) is 0 Å². The molecule has 0 radical (unpaired) electrons. The van der Waals surface area contributed by atoms with Crippen molar-refractivity contribution in [1.29, 1.82) is 5.26 Å². The minimum absolute atomic E-state index is 0.0201. The van der Waals surface area contributed by atoms with Gasteiger partial charge in [0.1, 0.15) is 17.2 Å².